The number of rotatable bonds is 6. The van der Waals surface area contributed by atoms with Crippen molar-refractivity contribution < 1.29 is 85.5 Å². The molecule has 1 unspecified atom stereocenters. The van der Waals surface area contributed by atoms with Gasteiger partial charge in [0.25, 0.3) is 0 Å². The van der Waals surface area contributed by atoms with E-state index < -0.39 is 37.0 Å². The van der Waals surface area contributed by atoms with E-state index in [1.165, 1.54) is 0 Å². The molecule has 0 aromatic rings. The first-order chi connectivity index (χ1) is 6.47. The minimum absolute atomic E-state index is 0. The molecule has 7 nitrogen and oxygen atoms in total. The van der Waals surface area contributed by atoms with E-state index in [2.05, 4.69) is 9.47 Å². The van der Waals surface area contributed by atoms with Crippen LogP contribution >= 0.6 is 0 Å². The van der Waals surface area contributed by atoms with Crippen LogP contribution in [-0.2, 0) is 23.9 Å². The van der Waals surface area contributed by atoms with Crippen molar-refractivity contribution in [3.05, 3.63) is 0 Å². The van der Waals surface area contributed by atoms with Gasteiger partial charge >= 0.3 is 63.3 Å². The van der Waals surface area contributed by atoms with Crippen LogP contribution < -0.4 is 56.5 Å². The fraction of sp³-hybridized carbons (Fsp3) is 0.571. The zero-order chi connectivity index (χ0) is 11.1. The van der Waals surface area contributed by atoms with Gasteiger partial charge in [-0.15, -0.1) is 0 Å². The minimum Gasteiger partial charge on any atom is -0.550 e. The number of carbonyl (C=O) groups is 3. The van der Waals surface area contributed by atoms with Crippen molar-refractivity contribution in [3.63, 3.8) is 0 Å². The third-order valence-electron chi connectivity index (χ3n) is 1.24. The van der Waals surface area contributed by atoms with E-state index in [4.69, 9.17) is 5.11 Å². The summed E-state index contributed by atoms with van der Waals surface area (Å²) in [6, 6.07) is 0. The summed E-state index contributed by atoms with van der Waals surface area (Å²) >= 11 is 0. The Kier molecular flexibility index (Phi) is 10.7. The molecule has 0 aliphatic heterocycles. The number of aliphatic carboxylic acids is 2. The van der Waals surface area contributed by atoms with Crippen molar-refractivity contribution in [3.8, 4) is 0 Å². The van der Waals surface area contributed by atoms with Crippen LogP contribution in [0.1, 0.15) is 6.42 Å². The summed E-state index contributed by atoms with van der Waals surface area (Å²) in [7, 11) is 1.11. The van der Waals surface area contributed by atoms with E-state index in [0.29, 0.717) is 0 Å². The van der Waals surface area contributed by atoms with Crippen molar-refractivity contribution in [1.82, 2.24) is 0 Å². The topological polar surface area (TPSA) is 113 Å². The summed E-state index contributed by atoms with van der Waals surface area (Å²) in [6.07, 6.45) is -2.01. The number of methoxy groups -OCH3 is 1. The van der Waals surface area contributed by atoms with Crippen LogP contribution in [0.15, 0.2) is 0 Å². The van der Waals surface area contributed by atoms with Crippen LogP contribution in [0.2, 0.25) is 0 Å². The van der Waals surface area contributed by atoms with Crippen molar-refractivity contribution in [2.75, 3.05) is 13.7 Å². The summed E-state index contributed by atoms with van der Waals surface area (Å²) in [6.45, 7) is -0.828. The summed E-state index contributed by atoms with van der Waals surface area (Å²) in [5.41, 5.74) is 0. The second-order valence-electron chi connectivity index (χ2n) is 2.30. The Morgan fingerprint density at radius 1 is 1.40 bits per heavy atom. The molecular formula is C7H9KO7. The number of hydrogen-bond donors (Lipinski definition) is 1. The van der Waals surface area contributed by atoms with E-state index >= 15 is 0 Å². The van der Waals surface area contributed by atoms with Crippen LogP contribution in [-0.4, -0.2) is 42.8 Å². The molecule has 0 aliphatic rings. The molecule has 0 heterocycles. The van der Waals surface area contributed by atoms with E-state index in [0.717, 1.165) is 7.11 Å². The van der Waals surface area contributed by atoms with E-state index in [1.807, 2.05) is 0 Å². The van der Waals surface area contributed by atoms with Gasteiger partial charge in [0.15, 0.2) is 12.7 Å². The van der Waals surface area contributed by atoms with E-state index in [9.17, 15) is 19.5 Å². The Labute approximate surface area is 128 Å². The molecule has 0 saturated heterocycles. The maximum atomic E-state index is 10.9. The van der Waals surface area contributed by atoms with Crippen LogP contribution in [0.3, 0.4) is 0 Å². The molecule has 0 aromatic heterocycles. The monoisotopic (exact) mass is 244 g/mol. The number of carboxylic acids is 2. The second kappa shape index (κ2) is 9.25. The molecule has 0 aromatic carbocycles. The van der Waals surface area contributed by atoms with Crippen LogP contribution in [0.5, 0.6) is 0 Å². The maximum Gasteiger partial charge on any atom is 1.00 e. The standard InChI is InChI=1S/C7H10O7.K/c1-13-4(2-5(8)9)7(12)14-3-6(10)11;/h4H,2-3H2,1H3,(H,8,9)(H,10,11);/q;+1/p-1. The number of esters is 1. The fourth-order valence-electron chi connectivity index (χ4n) is 0.640. The quantitative estimate of drug-likeness (QED) is 0.367. The first-order valence-corrected chi connectivity index (χ1v) is 3.58. The van der Waals surface area contributed by atoms with Crippen LogP contribution in [0.4, 0.5) is 0 Å². The van der Waals surface area contributed by atoms with Crippen LogP contribution in [0, 0.1) is 0 Å². The number of carboxylic acid groups (broad SMARTS) is 2. The Morgan fingerprint density at radius 3 is 2.27 bits per heavy atom. The van der Waals surface area contributed by atoms with Crippen molar-refractivity contribution >= 4 is 17.9 Å². The zero-order valence-corrected chi connectivity index (χ0v) is 11.5. The Balaban J connectivity index is 0. The van der Waals surface area contributed by atoms with Gasteiger partial charge in [-0.1, -0.05) is 0 Å². The molecular weight excluding hydrogens is 235 g/mol. The predicted molar refractivity (Wildman–Crippen MR) is 39.0 cm³/mol. The first kappa shape index (κ1) is 17.4. The molecule has 1 N–H and O–H groups in total. The molecule has 0 aliphatic carbocycles. The molecule has 0 amide bonds. The molecule has 15 heavy (non-hydrogen) atoms. The molecule has 80 valence electrons. The SMILES string of the molecule is COC(CC(=O)[O-])C(=O)OCC(=O)O.[K+]. The largest absolute Gasteiger partial charge is 1.00 e. The zero-order valence-electron chi connectivity index (χ0n) is 8.39. The average molecular weight is 244 g/mol. The second-order valence-corrected chi connectivity index (χ2v) is 2.30. The van der Waals surface area contributed by atoms with E-state index in [-0.39, 0.29) is 51.4 Å². The predicted octanol–water partition coefficient (Wildman–Crippen LogP) is -5.23. The summed E-state index contributed by atoms with van der Waals surface area (Å²) < 4.78 is 8.67. The molecule has 8 heteroatoms. The number of carbonyl (C=O) groups excluding carboxylic acids is 2. The molecule has 0 radical (unpaired) electrons. The Morgan fingerprint density at radius 2 is 1.93 bits per heavy atom. The van der Waals surface area contributed by atoms with Gasteiger partial charge in [-0.3, -0.25) is 0 Å². The van der Waals surface area contributed by atoms with Crippen molar-refractivity contribution in [2.24, 2.45) is 0 Å². The minimum atomic E-state index is -1.48. The average Bonchev–Trinajstić information content (AvgIpc) is 2.09. The molecule has 0 fully saturated rings. The fourth-order valence-corrected chi connectivity index (χ4v) is 0.640. The normalized spacial score (nSPS) is 11.0. The van der Waals surface area contributed by atoms with Gasteiger partial charge < -0.3 is 24.5 Å². The molecule has 0 bridgehead atoms. The van der Waals surface area contributed by atoms with Gasteiger partial charge in [0, 0.05) is 19.5 Å². The molecule has 1 atom stereocenters. The summed E-state index contributed by atoms with van der Waals surface area (Å²) in [4.78, 5) is 31.0. The Hall–Kier alpha value is 0.00636. The van der Waals surface area contributed by atoms with Gasteiger partial charge in [0.2, 0.25) is 0 Å². The van der Waals surface area contributed by atoms with Crippen molar-refractivity contribution in [1.29, 1.82) is 0 Å². The third-order valence-corrected chi connectivity index (χ3v) is 1.24. The Bertz CT molecular complexity index is 239. The maximum absolute atomic E-state index is 10.9. The van der Waals surface area contributed by atoms with Crippen molar-refractivity contribution in [2.45, 2.75) is 12.5 Å². The number of ether oxygens (including phenoxy) is 2. The van der Waals surface area contributed by atoms with Crippen LogP contribution in [0.25, 0.3) is 0 Å². The van der Waals surface area contributed by atoms with Gasteiger partial charge in [0.05, 0.1) is 0 Å². The van der Waals surface area contributed by atoms with Gasteiger partial charge in [0.1, 0.15) is 0 Å². The molecule has 0 rings (SSSR count). The first-order valence-electron chi connectivity index (χ1n) is 3.58. The molecule has 0 saturated carbocycles. The summed E-state index contributed by atoms with van der Waals surface area (Å²) in [5.74, 6) is -3.86. The summed E-state index contributed by atoms with van der Waals surface area (Å²) in [5, 5.41) is 18.2. The van der Waals surface area contributed by atoms with Gasteiger partial charge in [-0.25, -0.2) is 9.59 Å². The van der Waals surface area contributed by atoms with Gasteiger partial charge in [-0.2, -0.15) is 0 Å². The van der Waals surface area contributed by atoms with E-state index in [1.54, 1.807) is 0 Å². The van der Waals surface area contributed by atoms with Gasteiger partial charge in [-0.05, 0) is 0 Å². The molecule has 0 spiro atoms. The third kappa shape index (κ3) is 8.97. The smallest absolute Gasteiger partial charge is 0.550 e. The number of hydrogen-bond acceptors (Lipinski definition) is 6.